The highest BCUT2D eigenvalue weighted by molar-refractivity contribution is 6.89. The quantitative estimate of drug-likeness (QED) is 0.146. The van der Waals surface area contributed by atoms with Crippen molar-refractivity contribution in [3.05, 3.63) is 102 Å². The van der Waals surface area contributed by atoms with Crippen LogP contribution in [0.25, 0.3) is 22.5 Å². The van der Waals surface area contributed by atoms with Gasteiger partial charge in [0, 0.05) is 40.2 Å². The van der Waals surface area contributed by atoms with E-state index in [1.165, 1.54) is 38.7 Å². The third kappa shape index (κ3) is 6.73. The SMILES string of the molecule is C=C1C2C(CC/C([C@H](C)C(C)N=C(C)/C=C\C)=C(/CO)c3cc(C(C)C)cc[n+]31)c1ccccc1-c1cc(C(C)C)c([Si](C)(C)C)c[n+]12. The minimum atomic E-state index is -1.69. The first-order valence-electron chi connectivity index (χ1n) is 18.1. The van der Waals surface area contributed by atoms with Crippen molar-refractivity contribution in [3.63, 3.8) is 0 Å². The number of aliphatic hydroxyl groups excluding tert-OH is 1. The number of allylic oxidation sites excluding steroid dienone is 3. The molecule has 3 unspecified atom stereocenters. The molecule has 0 amide bonds. The van der Waals surface area contributed by atoms with E-state index in [4.69, 9.17) is 11.6 Å². The Labute approximate surface area is 291 Å². The normalized spacial score (nSPS) is 21.3. The van der Waals surface area contributed by atoms with Gasteiger partial charge in [-0.2, -0.15) is 9.13 Å². The fraction of sp³-hybridized carbons (Fsp3) is 0.465. The Morgan fingerprint density at radius 1 is 1.02 bits per heavy atom. The number of aliphatic hydroxyl groups is 1. The molecule has 254 valence electrons. The number of fused-ring (bicyclic) bond motifs is 7. The average Bonchev–Trinajstić information content (AvgIpc) is 3.09. The molecule has 0 fully saturated rings. The first-order chi connectivity index (χ1) is 22.7. The zero-order chi connectivity index (χ0) is 35.1. The minimum absolute atomic E-state index is 0.0219. The number of pyridine rings is 2. The molecular weight excluding hydrogens is 603 g/mol. The van der Waals surface area contributed by atoms with Crippen LogP contribution in [0.3, 0.4) is 0 Å². The van der Waals surface area contributed by atoms with Gasteiger partial charge in [0.05, 0.1) is 26.6 Å². The fourth-order valence-electron chi connectivity index (χ4n) is 8.08. The van der Waals surface area contributed by atoms with Gasteiger partial charge in [-0.15, -0.1) is 0 Å². The van der Waals surface area contributed by atoms with Gasteiger partial charge in [0.1, 0.15) is 0 Å². The van der Waals surface area contributed by atoms with Crippen LogP contribution in [0.2, 0.25) is 19.6 Å². The zero-order valence-electron chi connectivity index (χ0n) is 31.4. The number of nitrogens with zero attached hydrogens (tertiary/aromatic N) is 3. The summed E-state index contributed by atoms with van der Waals surface area (Å²) in [7, 11) is -1.69. The molecule has 2 aromatic heterocycles. The highest BCUT2D eigenvalue weighted by Crippen LogP contribution is 2.46. The summed E-state index contributed by atoms with van der Waals surface area (Å²) in [6.07, 6.45) is 10.7. The van der Waals surface area contributed by atoms with Crippen molar-refractivity contribution in [1.82, 2.24) is 0 Å². The maximum absolute atomic E-state index is 11.3. The van der Waals surface area contributed by atoms with Crippen molar-refractivity contribution in [1.29, 1.82) is 0 Å². The second kappa shape index (κ2) is 14.2. The predicted molar refractivity (Wildman–Crippen MR) is 207 cm³/mol. The number of hydrogen-bond acceptors (Lipinski definition) is 2. The van der Waals surface area contributed by atoms with E-state index in [1.54, 1.807) is 0 Å². The molecule has 0 bridgehead atoms. The molecule has 4 heterocycles. The molecule has 2 aliphatic heterocycles. The van der Waals surface area contributed by atoms with Gasteiger partial charge >= 0.3 is 0 Å². The van der Waals surface area contributed by atoms with Crippen LogP contribution < -0.4 is 14.3 Å². The summed E-state index contributed by atoms with van der Waals surface area (Å²) in [6, 6.07) is 16.2. The van der Waals surface area contributed by atoms with Crippen LogP contribution in [-0.2, 0) is 0 Å². The van der Waals surface area contributed by atoms with Crippen molar-refractivity contribution in [2.75, 3.05) is 6.61 Å². The monoisotopic (exact) mass is 661 g/mol. The standard InChI is InChI=1S/C43H59N3OSi/c1-13-16-29(6)44-31(8)30(7)34-19-20-37-35-17-14-15-18-36(35)41-24-38(28(4)5)42(48(10,11)12)25-46(41)43(37)32(9)45-22-21-33(27(2)3)23-40(45)39(34)26-47/h13-18,21-25,27-28,30-31,37,43,47H,9,19-20,26H2,1-8,10-12H3/q+2/b16-13-,39-34+,44-29?/t30-,31?,37?,43?/m1/s1. The van der Waals surface area contributed by atoms with Crippen molar-refractivity contribution in [2.45, 2.75) is 118 Å². The number of benzene rings is 1. The summed E-state index contributed by atoms with van der Waals surface area (Å²) in [4.78, 5) is 5.10. The Morgan fingerprint density at radius 2 is 1.73 bits per heavy atom. The molecule has 0 saturated carbocycles. The van der Waals surface area contributed by atoms with Gasteiger partial charge < -0.3 is 5.11 Å². The zero-order valence-corrected chi connectivity index (χ0v) is 32.4. The summed E-state index contributed by atoms with van der Waals surface area (Å²) in [5.74, 6) is 1.18. The Morgan fingerprint density at radius 3 is 2.35 bits per heavy atom. The van der Waals surface area contributed by atoms with E-state index in [0.29, 0.717) is 11.8 Å². The van der Waals surface area contributed by atoms with Crippen LogP contribution >= 0.6 is 0 Å². The summed E-state index contributed by atoms with van der Waals surface area (Å²) < 4.78 is 4.89. The maximum Gasteiger partial charge on any atom is 0.249 e. The molecule has 1 aromatic carbocycles. The van der Waals surface area contributed by atoms with E-state index in [9.17, 15) is 5.11 Å². The molecule has 0 spiro atoms. The Kier molecular flexibility index (Phi) is 10.6. The number of aromatic nitrogens is 2. The van der Waals surface area contributed by atoms with Crippen molar-refractivity contribution in [2.24, 2.45) is 10.9 Å². The number of rotatable bonds is 8. The molecule has 4 atom stereocenters. The first-order valence-corrected chi connectivity index (χ1v) is 21.6. The molecule has 3 aromatic rings. The lowest BCUT2D eigenvalue weighted by Crippen LogP contribution is -2.57. The molecule has 2 aliphatic rings. The average molecular weight is 662 g/mol. The first kappa shape index (κ1) is 35.9. The van der Waals surface area contributed by atoms with Crippen LogP contribution in [-0.4, -0.2) is 31.5 Å². The molecule has 1 N–H and O–H groups in total. The lowest BCUT2D eigenvalue weighted by molar-refractivity contribution is -0.728. The van der Waals surface area contributed by atoms with Crippen molar-refractivity contribution in [3.8, 4) is 11.3 Å². The minimum Gasteiger partial charge on any atom is -0.391 e. The Hall–Kier alpha value is -3.41. The van der Waals surface area contributed by atoms with E-state index in [0.717, 1.165) is 35.5 Å². The van der Waals surface area contributed by atoms with E-state index >= 15 is 0 Å². The third-order valence-electron chi connectivity index (χ3n) is 10.9. The van der Waals surface area contributed by atoms with E-state index < -0.39 is 8.07 Å². The third-order valence-corrected chi connectivity index (χ3v) is 12.9. The molecule has 5 rings (SSSR count). The van der Waals surface area contributed by atoms with E-state index in [-0.39, 0.29) is 30.5 Å². The van der Waals surface area contributed by atoms with Crippen molar-refractivity contribution >= 4 is 30.2 Å². The van der Waals surface area contributed by atoms with Gasteiger partial charge in [-0.1, -0.05) is 84.1 Å². The summed E-state index contributed by atoms with van der Waals surface area (Å²) in [6.45, 7) is 30.1. The van der Waals surface area contributed by atoms with Crippen LogP contribution in [0.1, 0.15) is 114 Å². The van der Waals surface area contributed by atoms with Crippen LogP contribution in [0.15, 0.2) is 84.2 Å². The van der Waals surface area contributed by atoms with E-state index in [1.807, 2.05) is 6.92 Å². The predicted octanol–water partition coefficient (Wildman–Crippen LogP) is 9.13. The summed E-state index contributed by atoms with van der Waals surface area (Å²) in [5.41, 5.74) is 12.2. The van der Waals surface area contributed by atoms with Crippen LogP contribution in [0, 0.1) is 5.92 Å². The highest BCUT2D eigenvalue weighted by atomic mass is 28.3. The molecule has 0 radical (unpaired) electrons. The lowest BCUT2D eigenvalue weighted by Gasteiger charge is -2.32. The molecule has 5 heteroatoms. The fourth-order valence-corrected chi connectivity index (χ4v) is 9.83. The van der Waals surface area contributed by atoms with Gasteiger partial charge in [-0.25, -0.2) is 0 Å². The number of hydrogen-bond donors (Lipinski definition) is 1. The van der Waals surface area contributed by atoms with Gasteiger partial charge in [-0.3, -0.25) is 4.99 Å². The largest absolute Gasteiger partial charge is 0.391 e. The van der Waals surface area contributed by atoms with Gasteiger partial charge in [0.2, 0.25) is 23.1 Å². The Bertz CT molecular complexity index is 1790. The number of aliphatic imine (C=N–C) groups is 1. The molecular formula is C43H59N3OSi+2. The van der Waals surface area contributed by atoms with Gasteiger partial charge in [0.15, 0.2) is 12.4 Å². The summed E-state index contributed by atoms with van der Waals surface area (Å²) in [5, 5.41) is 12.8. The highest BCUT2D eigenvalue weighted by Gasteiger charge is 2.48. The molecule has 4 nitrogen and oxygen atoms in total. The van der Waals surface area contributed by atoms with E-state index in [2.05, 4.69) is 144 Å². The molecule has 0 aliphatic carbocycles. The van der Waals surface area contributed by atoms with Gasteiger partial charge in [-0.05, 0) is 86.8 Å². The van der Waals surface area contributed by atoms with Crippen LogP contribution in [0.4, 0.5) is 0 Å². The maximum atomic E-state index is 11.3. The molecule has 48 heavy (non-hydrogen) atoms. The lowest BCUT2D eigenvalue weighted by atomic mass is 9.77. The smallest absolute Gasteiger partial charge is 0.249 e. The molecule has 0 saturated heterocycles. The second-order valence-corrected chi connectivity index (χ2v) is 20.9. The van der Waals surface area contributed by atoms with Crippen molar-refractivity contribution < 1.29 is 14.2 Å². The van der Waals surface area contributed by atoms with Gasteiger partial charge in [0.25, 0.3) is 0 Å². The Balaban J connectivity index is 1.81. The summed E-state index contributed by atoms with van der Waals surface area (Å²) >= 11 is 0. The topological polar surface area (TPSA) is 40.4 Å². The van der Waals surface area contributed by atoms with Crippen LogP contribution in [0.5, 0.6) is 0 Å². The second-order valence-electron chi connectivity index (χ2n) is 15.8.